The summed E-state index contributed by atoms with van der Waals surface area (Å²) in [6, 6.07) is 0.348. The monoisotopic (exact) mass is 208 g/mol. The molecule has 1 aromatic heterocycles. The second-order valence-electron chi connectivity index (χ2n) is 4.45. The molecule has 1 aromatic rings. The number of aliphatic carboxylic acids is 1. The molecule has 1 atom stereocenters. The van der Waals surface area contributed by atoms with Crippen molar-refractivity contribution in [2.45, 2.75) is 45.1 Å². The molecule has 0 aromatic carbocycles. The second-order valence-corrected chi connectivity index (χ2v) is 4.45. The van der Waals surface area contributed by atoms with E-state index in [2.05, 4.69) is 25.1 Å². The van der Waals surface area contributed by atoms with Crippen LogP contribution in [-0.4, -0.2) is 20.9 Å². The number of carboxylic acid groups (broad SMARTS) is 1. The van der Waals surface area contributed by atoms with Crippen LogP contribution in [0.15, 0.2) is 6.20 Å². The van der Waals surface area contributed by atoms with Crippen molar-refractivity contribution in [2.24, 2.45) is 0 Å². The van der Waals surface area contributed by atoms with Crippen molar-refractivity contribution in [3.05, 3.63) is 17.5 Å². The summed E-state index contributed by atoms with van der Waals surface area (Å²) in [4.78, 5) is 10.7. The minimum absolute atomic E-state index is 0.123. The fourth-order valence-corrected chi connectivity index (χ4v) is 2.12. The van der Waals surface area contributed by atoms with Gasteiger partial charge in [0.05, 0.1) is 12.1 Å². The van der Waals surface area contributed by atoms with Crippen LogP contribution in [0, 0.1) is 0 Å². The van der Waals surface area contributed by atoms with E-state index in [1.807, 2.05) is 4.68 Å². The van der Waals surface area contributed by atoms with Crippen LogP contribution in [0.3, 0.4) is 0 Å². The number of rotatable bonds is 3. The molecular weight excluding hydrogens is 192 g/mol. The van der Waals surface area contributed by atoms with Gasteiger partial charge in [0.1, 0.15) is 0 Å². The van der Waals surface area contributed by atoms with Crippen LogP contribution in [0.2, 0.25) is 0 Å². The average Bonchev–Trinajstić information content (AvgIpc) is 2.66. The molecular formula is C11H16N2O2. The lowest BCUT2D eigenvalue weighted by Gasteiger charge is -2.08. The first-order valence-electron chi connectivity index (χ1n) is 5.37. The van der Waals surface area contributed by atoms with E-state index in [0.717, 1.165) is 18.5 Å². The topological polar surface area (TPSA) is 55.1 Å². The number of nitrogens with zero attached hydrogens (tertiary/aromatic N) is 2. The zero-order valence-electron chi connectivity index (χ0n) is 9.10. The lowest BCUT2D eigenvalue weighted by molar-refractivity contribution is -0.137. The van der Waals surface area contributed by atoms with Crippen LogP contribution in [0.25, 0.3) is 0 Å². The van der Waals surface area contributed by atoms with Crippen LogP contribution in [0.4, 0.5) is 0 Å². The van der Waals surface area contributed by atoms with Gasteiger partial charge in [-0.3, -0.25) is 9.48 Å². The van der Waals surface area contributed by atoms with E-state index >= 15 is 0 Å². The van der Waals surface area contributed by atoms with Gasteiger partial charge >= 0.3 is 5.97 Å². The van der Waals surface area contributed by atoms with E-state index in [-0.39, 0.29) is 12.3 Å². The molecule has 0 amide bonds. The third kappa shape index (κ3) is 1.89. The minimum Gasteiger partial charge on any atom is -0.481 e. The first-order chi connectivity index (χ1) is 7.08. The first-order valence-corrected chi connectivity index (χ1v) is 5.37. The maximum atomic E-state index is 10.7. The molecule has 15 heavy (non-hydrogen) atoms. The lowest BCUT2D eigenvalue weighted by Crippen LogP contribution is -2.07. The van der Waals surface area contributed by atoms with Crippen LogP contribution in [0.5, 0.6) is 0 Å². The molecule has 1 N–H and O–H groups in total. The van der Waals surface area contributed by atoms with E-state index in [1.54, 1.807) is 0 Å². The van der Waals surface area contributed by atoms with Gasteiger partial charge in [-0.2, -0.15) is 5.10 Å². The predicted octanol–water partition coefficient (Wildman–Crippen LogP) is 1.97. The maximum Gasteiger partial charge on any atom is 0.304 e. The highest BCUT2D eigenvalue weighted by molar-refractivity contribution is 5.68. The molecule has 0 spiro atoms. The van der Waals surface area contributed by atoms with Gasteiger partial charge in [-0.25, -0.2) is 0 Å². The maximum absolute atomic E-state index is 10.7. The van der Waals surface area contributed by atoms with E-state index in [1.165, 1.54) is 5.56 Å². The lowest BCUT2D eigenvalue weighted by atomic mass is 10.0. The molecule has 0 saturated carbocycles. The Balaban J connectivity index is 2.22. The SMILES string of the molecule is CC(C)n1cc2c(n1)C(CC(=O)O)CC2. The second kappa shape index (κ2) is 3.68. The van der Waals surface area contributed by atoms with Gasteiger partial charge in [-0.15, -0.1) is 0 Å². The van der Waals surface area contributed by atoms with Crippen molar-refractivity contribution >= 4 is 5.97 Å². The van der Waals surface area contributed by atoms with Gasteiger partial charge in [0.2, 0.25) is 0 Å². The number of carboxylic acids is 1. The fourth-order valence-electron chi connectivity index (χ4n) is 2.12. The number of carbonyl (C=O) groups is 1. The van der Waals surface area contributed by atoms with Crippen molar-refractivity contribution < 1.29 is 9.90 Å². The molecule has 1 aliphatic rings. The highest BCUT2D eigenvalue weighted by atomic mass is 16.4. The summed E-state index contributed by atoms with van der Waals surface area (Å²) in [5.41, 5.74) is 2.24. The Labute approximate surface area is 88.9 Å². The van der Waals surface area contributed by atoms with E-state index in [9.17, 15) is 4.79 Å². The van der Waals surface area contributed by atoms with Gasteiger partial charge in [-0.05, 0) is 32.3 Å². The molecule has 1 heterocycles. The van der Waals surface area contributed by atoms with Gasteiger partial charge < -0.3 is 5.11 Å². The van der Waals surface area contributed by atoms with Crippen molar-refractivity contribution in [1.29, 1.82) is 0 Å². The van der Waals surface area contributed by atoms with Crippen LogP contribution >= 0.6 is 0 Å². The Hall–Kier alpha value is -1.32. The Bertz CT molecular complexity index is 382. The Morgan fingerprint density at radius 3 is 3.07 bits per heavy atom. The molecule has 0 saturated heterocycles. The number of aryl methyl sites for hydroxylation is 1. The molecule has 0 aliphatic heterocycles. The largest absolute Gasteiger partial charge is 0.481 e. The summed E-state index contributed by atoms with van der Waals surface area (Å²) in [6.07, 6.45) is 4.17. The molecule has 2 rings (SSSR count). The molecule has 0 fully saturated rings. The highest BCUT2D eigenvalue weighted by Crippen LogP contribution is 2.34. The molecule has 82 valence electrons. The van der Waals surface area contributed by atoms with Crippen LogP contribution < -0.4 is 0 Å². The Morgan fingerprint density at radius 2 is 2.47 bits per heavy atom. The standard InChI is InChI=1S/C11H16N2O2/c1-7(2)13-6-9-4-3-8(5-10(14)15)11(9)12-13/h6-8H,3-5H2,1-2H3,(H,14,15). The van der Waals surface area contributed by atoms with Gasteiger partial charge in [-0.1, -0.05) is 0 Å². The van der Waals surface area contributed by atoms with Crippen molar-refractivity contribution in [1.82, 2.24) is 9.78 Å². The van der Waals surface area contributed by atoms with Crippen molar-refractivity contribution in [2.75, 3.05) is 0 Å². The Morgan fingerprint density at radius 1 is 1.73 bits per heavy atom. The quantitative estimate of drug-likeness (QED) is 0.826. The number of hydrogen-bond acceptors (Lipinski definition) is 2. The van der Waals surface area contributed by atoms with Crippen molar-refractivity contribution in [3.63, 3.8) is 0 Å². The number of aromatic nitrogens is 2. The summed E-state index contributed by atoms with van der Waals surface area (Å²) in [6.45, 7) is 4.16. The zero-order chi connectivity index (χ0) is 11.0. The summed E-state index contributed by atoms with van der Waals surface area (Å²) in [5.74, 6) is -0.607. The van der Waals surface area contributed by atoms with Crippen LogP contribution in [-0.2, 0) is 11.2 Å². The molecule has 0 radical (unpaired) electrons. The smallest absolute Gasteiger partial charge is 0.304 e. The molecule has 4 heteroatoms. The summed E-state index contributed by atoms with van der Waals surface area (Å²) < 4.78 is 1.93. The summed E-state index contributed by atoms with van der Waals surface area (Å²) in [5, 5.41) is 13.3. The molecule has 0 bridgehead atoms. The third-order valence-corrected chi connectivity index (χ3v) is 2.94. The molecule has 4 nitrogen and oxygen atoms in total. The number of fused-ring (bicyclic) bond motifs is 1. The molecule has 1 aliphatic carbocycles. The Kier molecular flexibility index (Phi) is 2.50. The zero-order valence-corrected chi connectivity index (χ0v) is 9.10. The van der Waals surface area contributed by atoms with Gasteiger partial charge in [0.15, 0.2) is 0 Å². The van der Waals surface area contributed by atoms with Gasteiger partial charge in [0.25, 0.3) is 0 Å². The van der Waals surface area contributed by atoms with E-state index in [0.29, 0.717) is 6.04 Å². The molecule has 1 unspecified atom stereocenters. The van der Waals surface area contributed by atoms with E-state index < -0.39 is 5.97 Å². The average molecular weight is 208 g/mol. The summed E-state index contributed by atoms with van der Waals surface area (Å²) in [7, 11) is 0. The minimum atomic E-state index is -0.730. The van der Waals surface area contributed by atoms with Gasteiger partial charge in [0, 0.05) is 18.2 Å². The number of hydrogen-bond donors (Lipinski definition) is 1. The normalized spacial score (nSPS) is 19.5. The summed E-state index contributed by atoms with van der Waals surface area (Å²) >= 11 is 0. The predicted molar refractivity (Wildman–Crippen MR) is 55.9 cm³/mol. The fraction of sp³-hybridized carbons (Fsp3) is 0.636. The third-order valence-electron chi connectivity index (χ3n) is 2.94. The first kappa shape index (κ1) is 10.2. The van der Waals surface area contributed by atoms with Crippen molar-refractivity contribution in [3.8, 4) is 0 Å². The van der Waals surface area contributed by atoms with E-state index in [4.69, 9.17) is 5.11 Å². The highest BCUT2D eigenvalue weighted by Gasteiger charge is 2.28. The van der Waals surface area contributed by atoms with Crippen LogP contribution in [0.1, 0.15) is 49.9 Å².